The molecule has 1 aliphatic heterocycles. The minimum absolute atomic E-state index is 0.0448. The molecule has 0 aliphatic carbocycles. The predicted octanol–water partition coefficient (Wildman–Crippen LogP) is 6.37. The smallest absolute Gasteiger partial charge is 0.253 e. The second-order valence-corrected chi connectivity index (χ2v) is 13.1. The zero-order valence-corrected chi connectivity index (χ0v) is 29.4. The second-order valence-electron chi connectivity index (χ2n) is 11.2. The Kier molecular flexibility index (Phi) is 10.3. The van der Waals surface area contributed by atoms with Crippen LogP contribution in [-0.4, -0.2) is 64.4 Å². The molecule has 13 heteroatoms. The van der Waals surface area contributed by atoms with Crippen molar-refractivity contribution in [2.75, 3.05) is 27.1 Å². The molecular weight excluding hydrogens is 661 g/mol. The lowest BCUT2D eigenvalue weighted by Crippen LogP contribution is -2.29. The Morgan fingerprint density at radius 1 is 0.959 bits per heavy atom. The molecule has 3 heterocycles. The number of aromatic nitrogens is 3. The molecule has 3 aromatic carbocycles. The number of carbonyl (C=O) groups is 2. The number of methoxy groups -OCH3 is 3. The molecule has 0 bridgehead atoms. The number of amides is 2. The molecule has 2 aromatic heterocycles. The zero-order chi connectivity index (χ0) is 34.5. The normalized spacial score (nSPS) is 14.0. The summed E-state index contributed by atoms with van der Waals surface area (Å²) < 4.78 is 18.5. The number of hydrogen-bond acceptors (Lipinski definition) is 10. The summed E-state index contributed by atoms with van der Waals surface area (Å²) in [7, 11) is 4.74. The SMILES string of the molecule is COc1cccc(C(=O)NCc2nnc(SCC(=O)N3N=C(c4cccs4)C[C@@H]3c3cccc(OC)c3OC)n2-c2cccc(C)c2C)c1. The number of benzene rings is 3. The number of ether oxygens (including phenoxy) is 3. The molecule has 49 heavy (non-hydrogen) atoms. The van der Waals surface area contributed by atoms with Crippen LogP contribution in [0.15, 0.2) is 88.4 Å². The van der Waals surface area contributed by atoms with Crippen molar-refractivity contribution < 1.29 is 23.8 Å². The fourth-order valence-corrected chi connectivity index (χ4v) is 7.23. The van der Waals surface area contributed by atoms with Gasteiger partial charge in [0.25, 0.3) is 11.8 Å². The number of hydrogen-bond donors (Lipinski definition) is 1. The van der Waals surface area contributed by atoms with Gasteiger partial charge in [0.05, 0.1) is 55.9 Å². The van der Waals surface area contributed by atoms with Gasteiger partial charge in [-0.2, -0.15) is 5.10 Å². The van der Waals surface area contributed by atoms with Crippen LogP contribution in [0.2, 0.25) is 0 Å². The maximum absolute atomic E-state index is 14.1. The number of para-hydroxylation sites is 1. The zero-order valence-electron chi connectivity index (χ0n) is 27.8. The Morgan fingerprint density at radius 3 is 2.53 bits per heavy atom. The number of thiophene rings is 1. The first kappa shape index (κ1) is 33.7. The van der Waals surface area contributed by atoms with Gasteiger partial charge in [-0.05, 0) is 66.8 Å². The third-order valence-electron chi connectivity index (χ3n) is 8.34. The molecule has 1 N–H and O–H groups in total. The Morgan fingerprint density at radius 2 is 1.78 bits per heavy atom. The minimum atomic E-state index is -0.394. The van der Waals surface area contributed by atoms with Crippen LogP contribution in [0.4, 0.5) is 0 Å². The molecule has 0 fully saturated rings. The van der Waals surface area contributed by atoms with Crippen molar-refractivity contribution in [2.45, 2.75) is 38.0 Å². The van der Waals surface area contributed by atoms with Crippen molar-refractivity contribution >= 4 is 40.6 Å². The molecule has 0 unspecified atom stereocenters. The topological polar surface area (TPSA) is 120 Å². The first-order valence-corrected chi connectivity index (χ1v) is 17.4. The average Bonchev–Trinajstić information content (AvgIpc) is 3.91. The van der Waals surface area contributed by atoms with Gasteiger partial charge in [0.1, 0.15) is 5.75 Å². The first-order valence-electron chi connectivity index (χ1n) is 15.5. The highest BCUT2D eigenvalue weighted by atomic mass is 32.2. The van der Waals surface area contributed by atoms with Crippen LogP contribution in [0.1, 0.15) is 50.2 Å². The van der Waals surface area contributed by atoms with E-state index in [2.05, 4.69) is 15.5 Å². The van der Waals surface area contributed by atoms with Crippen molar-refractivity contribution in [3.63, 3.8) is 0 Å². The number of rotatable bonds is 12. The molecule has 2 amide bonds. The van der Waals surface area contributed by atoms with E-state index in [1.807, 2.05) is 72.3 Å². The molecule has 252 valence electrons. The number of nitrogens with one attached hydrogen (secondary N) is 1. The highest BCUT2D eigenvalue weighted by molar-refractivity contribution is 7.99. The Bertz CT molecular complexity index is 2010. The van der Waals surface area contributed by atoms with E-state index in [1.165, 1.54) is 11.8 Å². The first-order chi connectivity index (χ1) is 23.8. The van der Waals surface area contributed by atoms with Crippen molar-refractivity contribution in [3.05, 3.63) is 111 Å². The highest BCUT2D eigenvalue weighted by Crippen LogP contribution is 2.42. The van der Waals surface area contributed by atoms with Crippen LogP contribution in [-0.2, 0) is 11.3 Å². The fourth-order valence-electron chi connectivity index (χ4n) is 5.69. The van der Waals surface area contributed by atoms with Gasteiger partial charge in [0, 0.05) is 17.5 Å². The molecule has 0 spiro atoms. The molecule has 0 radical (unpaired) electrons. The minimum Gasteiger partial charge on any atom is -0.497 e. The molecular formula is C36H36N6O5S2. The van der Waals surface area contributed by atoms with E-state index in [1.54, 1.807) is 61.9 Å². The van der Waals surface area contributed by atoms with Gasteiger partial charge in [-0.1, -0.05) is 48.2 Å². The summed E-state index contributed by atoms with van der Waals surface area (Å²) in [5, 5.41) is 20.8. The summed E-state index contributed by atoms with van der Waals surface area (Å²) in [6.07, 6.45) is 0.524. The average molecular weight is 697 g/mol. The van der Waals surface area contributed by atoms with Crippen LogP contribution in [0, 0.1) is 13.8 Å². The molecule has 0 saturated carbocycles. The fraction of sp³-hybridized carbons (Fsp3) is 0.250. The van der Waals surface area contributed by atoms with Gasteiger partial charge in [-0.3, -0.25) is 14.2 Å². The van der Waals surface area contributed by atoms with Gasteiger partial charge in [0.2, 0.25) is 0 Å². The van der Waals surface area contributed by atoms with E-state index in [0.717, 1.165) is 33.0 Å². The van der Waals surface area contributed by atoms with Crippen molar-refractivity contribution in [3.8, 4) is 22.9 Å². The number of nitrogens with zero attached hydrogens (tertiary/aromatic N) is 5. The summed E-state index contributed by atoms with van der Waals surface area (Å²) >= 11 is 2.85. The highest BCUT2D eigenvalue weighted by Gasteiger charge is 2.36. The van der Waals surface area contributed by atoms with Crippen LogP contribution >= 0.6 is 23.1 Å². The Labute approximate surface area is 292 Å². The van der Waals surface area contributed by atoms with Gasteiger partial charge in [-0.25, -0.2) is 5.01 Å². The van der Waals surface area contributed by atoms with E-state index in [0.29, 0.717) is 40.2 Å². The van der Waals surface area contributed by atoms with Crippen molar-refractivity contribution in [2.24, 2.45) is 5.10 Å². The predicted molar refractivity (Wildman–Crippen MR) is 190 cm³/mol. The maximum Gasteiger partial charge on any atom is 0.253 e. The van der Waals surface area contributed by atoms with Crippen LogP contribution in [0.5, 0.6) is 17.2 Å². The second kappa shape index (κ2) is 15.0. The van der Waals surface area contributed by atoms with E-state index in [9.17, 15) is 9.59 Å². The molecule has 5 aromatic rings. The number of thioether (sulfide) groups is 1. The molecule has 1 aliphatic rings. The summed E-state index contributed by atoms with van der Waals surface area (Å²) in [5.74, 6) is 1.84. The van der Waals surface area contributed by atoms with Crippen LogP contribution in [0.3, 0.4) is 0 Å². The number of aryl methyl sites for hydroxylation is 1. The molecule has 11 nitrogen and oxygen atoms in total. The monoisotopic (exact) mass is 696 g/mol. The van der Waals surface area contributed by atoms with Crippen LogP contribution < -0.4 is 19.5 Å². The lowest BCUT2D eigenvalue weighted by Gasteiger charge is -2.24. The van der Waals surface area contributed by atoms with Gasteiger partial charge >= 0.3 is 0 Å². The van der Waals surface area contributed by atoms with Gasteiger partial charge in [0.15, 0.2) is 22.5 Å². The standard InChI is InChI=1S/C36H36N6O5S2/c1-22-10-6-14-28(23(22)2)41-32(20-37-35(44)24-11-7-12-25(18-24)45-3)38-39-36(41)49-21-33(43)42-29(19-27(40-42)31-16-9-17-48-31)26-13-8-15-30(46-4)34(26)47-5/h6-18,29H,19-21H2,1-5H3,(H,37,44)/t29-/m1/s1. The third-order valence-corrected chi connectivity index (χ3v) is 10.2. The lowest BCUT2D eigenvalue weighted by molar-refractivity contribution is -0.130. The van der Waals surface area contributed by atoms with Crippen molar-refractivity contribution in [1.29, 1.82) is 0 Å². The summed E-state index contributed by atoms with van der Waals surface area (Å²) in [6, 6.07) is 22.2. The Balaban J connectivity index is 1.28. The number of hydrazone groups is 1. The third kappa shape index (κ3) is 7.03. The van der Waals surface area contributed by atoms with Crippen LogP contribution in [0.25, 0.3) is 5.69 Å². The molecule has 1 atom stereocenters. The van der Waals surface area contributed by atoms with Gasteiger partial charge < -0.3 is 19.5 Å². The number of carbonyl (C=O) groups excluding carboxylic acids is 2. The lowest BCUT2D eigenvalue weighted by atomic mass is 9.99. The summed E-state index contributed by atoms with van der Waals surface area (Å²) in [4.78, 5) is 28.1. The van der Waals surface area contributed by atoms with E-state index in [-0.39, 0.29) is 24.1 Å². The summed E-state index contributed by atoms with van der Waals surface area (Å²) in [6.45, 7) is 4.18. The van der Waals surface area contributed by atoms with Crippen molar-refractivity contribution in [1.82, 2.24) is 25.1 Å². The van der Waals surface area contributed by atoms with E-state index in [4.69, 9.17) is 19.3 Å². The Hall–Kier alpha value is -5.14. The molecule has 6 rings (SSSR count). The quantitative estimate of drug-likeness (QED) is 0.150. The summed E-state index contributed by atoms with van der Waals surface area (Å²) in [5.41, 5.74) is 5.09. The van der Waals surface area contributed by atoms with Gasteiger partial charge in [-0.15, -0.1) is 21.5 Å². The molecule has 0 saturated heterocycles. The largest absolute Gasteiger partial charge is 0.497 e. The maximum atomic E-state index is 14.1. The van der Waals surface area contributed by atoms with E-state index >= 15 is 0 Å². The van der Waals surface area contributed by atoms with E-state index < -0.39 is 6.04 Å².